The molecule has 4 rings (SSSR count). The first-order chi connectivity index (χ1) is 11.2. The molecule has 1 aromatic carbocycles. The Labute approximate surface area is 155 Å². The maximum absolute atomic E-state index is 13.4. The minimum Gasteiger partial charge on any atom is -0.341 e. The van der Waals surface area contributed by atoms with Gasteiger partial charge >= 0.3 is 0 Å². The van der Waals surface area contributed by atoms with E-state index in [0.29, 0.717) is 23.8 Å². The SMILES string of the molecule is Cl.NC1CCC2CN(C(=O)C3(Sc4ccccc4)CCCC3)CC12. The van der Waals surface area contributed by atoms with Crippen LogP contribution in [0.15, 0.2) is 35.2 Å². The molecule has 3 nitrogen and oxygen atoms in total. The number of thioether (sulfide) groups is 1. The van der Waals surface area contributed by atoms with Gasteiger partial charge in [-0.2, -0.15) is 0 Å². The predicted octanol–water partition coefficient (Wildman–Crippen LogP) is 3.71. The van der Waals surface area contributed by atoms with Gasteiger partial charge in [0.2, 0.25) is 5.91 Å². The first-order valence-corrected chi connectivity index (χ1v) is 9.79. The maximum atomic E-state index is 13.4. The van der Waals surface area contributed by atoms with Crippen LogP contribution in [0, 0.1) is 11.8 Å². The Hall–Kier alpha value is -0.710. The zero-order valence-corrected chi connectivity index (χ0v) is 15.7. The van der Waals surface area contributed by atoms with Crippen LogP contribution in [0.3, 0.4) is 0 Å². The minimum atomic E-state index is -0.232. The summed E-state index contributed by atoms with van der Waals surface area (Å²) in [5, 5.41) is 0. The van der Waals surface area contributed by atoms with Crippen LogP contribution >= 0.6 is 24.2 Å². The monoisotopic (exact) mass is 366 g/mol. The van der Waals surface area contributed by atoms with Gasteiger partial charge in [-0.05, 0) is 49.7 Å². The van der Waals surface area contributed by atoms with Crippen molar-refractivity contribution in [3.63, 3.8) is 0 Å². The Kier molecular flexibility index (Phi) is 5.48. The third-order valence-corrected chi connectivity index (χ3v) is 7.54. The van der Waals surface area contributed by atoms with E-state index in [4.69, 9.17) is 5.73 Å². The van der Waals surface area contributed by atoms with Gasteiger partial charge in [0, 0.05) is 24.0 Å². The average molecular weight is 367 g/mol. The molecule has 1 aliphatic heterocycles. The molecule has 2 N–H and O–H groups in total. The molecule has 1 aromatic rings. The molecular weight excluding hydrogens is 340 g/mol. The van der Waals surface area contributed by atoms with Crippen molar-refractivity contribution in [3.8, 4) is 0 Å². The summed E-state index contributed by atoms with van der Waals surface area (Å²) in [6.07, 6.45) is 6.72. The van der Waals surface area contributed by atoms with E-state index in [2.05, 4.69) is 29.2 Å². The van der Waals surface area contributed by atoms with Crippen LogP contribution < -0.4 is 5.73 Å². The summed E-state index contributed by atoms with van der Waals surface area (Å²) in [5.41, 5.74) is 6.25. The van der Waals surface area contributed by atoms with Gasteiger partial charge in [-0.15, -0.1) is 24.2 Å². The summed E-state index contributed by atoms with van der Waals surface area (Å²) >= 11 is 1.80. The number of benzene rings is 1. The van der Waals surface area contributed by atoms with Gasteiger partial charge in [-0.1, -0.05) is 31.0 Å². The highest BCUT2D eigenvalue weighted by atomic mass is 35.5. The van der Waals surface area contributed by atoms with Crippen LogP contribution in [-0.2, 0) is 4.79 Å². The van der Waals surface area contributed by atoms with Gasteiger partial charge in [-0.25, -0.2) is 0 Å². The van der Waals surface area contributed by atoms with Crippen LogP contribution in [-0.4, -0.2) is 34.7 Å². The van der Waals surface area contributed by atoms with E-state index in [1.165, 1.54) is 24.2 Å². The van der Waals surface area contributed by atoms with Crippen LogP contribution in [0.1, 0.15) is 38.5 Å². The van der Waals surface area contributed by atoms with E-state index in [0.717, 1.165) is 32.4 Å². The van der Waals surface area contributed by atoms with Crippen molar-refractivity contribution >= 4 is 30.1 Å². The number of nitrogens with zero attached hydrogens (tertiary/aromatic N) is 1. The number of fused-ring (bicyclic) bond motifs is 1. The molecule has 3 fully saturated rings. The number of amides is 1. The van der Waals surface area contributed by atoms with E-state index in [-0.39, 0.29) is 17.2 Å². The number of rotatable bonds is 3. The first-order valence-electron chi connectivity index (χ1n) is 8.97. The topological polar surface area (TPSA) is 46.3 Å². The van der Waals surface area contributed by atoms with Crippen LogP contribution in [0.4, 0.5) is 0 Å². The van der Waals surface area contributed by atoms with Crippen molar-refractivity contribution in [2.75, 3.05) is 13.1 Å². The number of hydrogen-bond donors (Lipinski definition) is 1. The highest BCUT2D eigenvalue weighted by Gasteiger charge is 2.49. The molecule has 0 spiro atoms. The zero-order chi connectivity index (χ0) is 15.9. The minimum absolute atomic E-state index is 0. The molecule has 0 aromatic heterocycles. The van der Waals surface area contributed by atoms with E-state index < -0.39 is 0 Å². The molecular formula is C19H27ClN2OS. The van der Waals surface area contributed by atoms with Crippen molar-refractivity contribution in [2.45, 2.75) is 54.2 Å². The molecule has 3 aliphatic rings. The average Bonchev–Trinajstić information content (AvgIpc) is 3.26. The van der Waals surface area contributed by atoms with Crippen LogP contribution in [0.25, 0.3) is 0 Å². The van der Waals surface area contributed by atoms with Crippen molar-refractivity contribution in [2.24, 2.45) is 17.6 Å². The maximum Gasteiger partial charge on any atom is 0.239 e. The largest absolute Gasteiger partial charge is 0.341 e. The summed E-state index contributed by atoms with van der Waals surface area (Å²) in [7, 11) is 0. The van der Waals surface area contributed by atoms with Gasteiger partial charge in [0.15, 0.2) is 0 Å². The van der Waals surface area contributed by atoms with Crippen LogP contribution in [0.2, 0.25) is 0 Å². The molecule has 1 saturated heterocycles. The molecule has 1 amide bonds. The Morgan fingerprint density at radius 3 is 2.50 bits per heavy atom. The summed E-state index contributed by atoms with van der Waals surface area (Å²) in [6.45, 7) is 1.83. The van der Waals surface area contributed by atoms with Crippen LogP contribution in [0.5, 0.6) is 0 Å². The van der Waals surface area contributed by atoms with E-state index >= 15 is 0 Å². The molecule has 0 bridgehead atoms. The molecule has 132 valence electrons. The fourth-order valence-corrected chi connectivity index (χ4v) is 6.23. The molecule has 0 radical (unpaired) electrons. The fourth-order valence-electron chi connectivity index (χ4n) is 4.78. The van der Waals surface area contributed by atoms with Crippen molar-refractivity contribution in [3.05, 3.63) is 30.3 Å². The number of hydrogen-bond acceptors (Lipinski definition) is 3. The lowest BCUT2D eigenvalue weighted by Gasteiger charge is -2.32. The first kappa shape index (κ1) is 18.1. The normalized spacial score (nSPS) is 30.9. The summed E-state index contributed by atoms with van der Waals surface area (Å²) in [5.74, 6) is 1.57. The second-order valence-electron chi connectivity index (χ2n) is 7.49. The van der Waals surface area contributed by atoms with Gasteiger partial charge in [0.1, 0.15) is 0 Å². The highest BCUT2D eigenvalue weighted by Crippen LogP contribution is 2.48. The third-order valence-electron chi connectivity index (χ3n) is 6.06. The molecule has 2 aliphatic carbocycles. The van der Waals surface area contributed by atoms with Gasteiger partial charge in [0.25, 0.3) is 0 Å². The summed E-state index contributed by atoms with van der Waals surface area (Å²) in [4.78, 5) is 16.7. The van der Waals surface area contributed by atoms with E-state index in [9.17, 15) is 4.79 Å². The number of halogens is 1. The molecule has 24 heavy (non-hydrogen) atoms. The Morgan fingerprint density at radius 1 is 1.12 bits per heavy atom. The zero-order valence-electron chi connectivity index (χ0n) is 14.0. The smallest absolute Gasteiger partial charge is 0.239 e. The predicted molar refractivity (Wildman–Crippen MR) is 102 cm³/mol. The number of carbonyl (C=O) groups is 1. The van der Waals surface area contributed by atoms with Gasteiger partial charge in [-0.3, -0.25) is 4.79 Å². The second kappa shape index (κ2) is 7.27. The van der Waals surface area contributed by atoms with E-state index in [1.54, 1.807) is 11.8 Å². The van der Waals surface area contributed by atoms with E-state index in [1.807, 2.05) is 6.07 Å². The van der Waals surface area contributed by atoms with Crippen molar-refractivity contribution in [1.82, 2.24) is 4.90 Å². The molecule has 2 saturated carbocycles. The number of carbonyl (C=O) groups excluding carboxylic acids is 1. The molecule has 1 heterocycles. The van der Waals surface area contributed by atoms with Crippen molar-refractivity contribution < 1.29 is 4.79 Å². The lowest BCUT2D eigenvalue weighted by Crippen LogP contribution is -2.45. The molecule has 5 heteroatoms. The number of nitrogens with two attached hydrogens (primary N) is 1. The Morgan fingerprint density at radius 2 is 1.83 bits per heavy atom. The standard InChI is InChI=1S/C19H26N2OS.ClH/c20-17-9-8-14-12-21(13-16(14)17)18(22)19(10-4-5-11-19)23-15-6-2-1-3-7-15;/h1-3,6-7,14,16-17H,4-5,8-13,20H2;1H. The number of likely N-dealkylation sites (tertiary alicyclic amines) is 1. The summed E-state index contributed by atoms with van der Waals surface area (Å²) in [6, 6.07) is 10.7. The Balaban J connectivity index is 0.00000169. The third kappa shape index (κ3) is 3.21. The highest BCUT2D eigenvalue weighted by molar-refractivity contribution is 8.01. The molecule has 3 unspecified atom stereocenters. The fraction of sp³-hybridized carbons (Fsp3) is 0.632. The lowest BCUT2D eigenvalue weighted by molar-refractivity contribution is -0.133. The quantitative estimate of drug-likeness (QED) is 0.886. The van der Waals surface area contributed by atoms with Crippen molar-refractivity contribution in [1.29, 1.82) is 0 Å². The Bertz CT molecular complexity index is 576. The summed E-state index contributed by atoms with van der Waals surface area (Å²) < 4.78 is -0.232. The second-order valence-corrected chi connectivity index (χ2v) is 8.95. The lowest BCUT2D eigenvalue weighted by atomic mass is 9.98. The van der Waals surface area contributed by atoms with Gasteiger partial charge in [0.05, 0.1) is 4.75 Å². The van der Waals surface area contributed by atoms with Gasteiger partial charge < -0.3 is 10.6 Å². The molecule has 3 atom stereocenters.